The topological polar surface area (TPSA) is 45.1 Å². The second-order valence-electron chi connectivity index (χ2n) is 3.89. The van der Waals surface area contributed by atoms with E-state index in [0.717, 1.165) is 23.0 Å². The molecule has 1 unspecified atom stereocenters. The maximum absolute atomic E-state index is 9.90. The lowest BCUT2D eigenvalue weighted by Crippen LogP contribution is -2.39. The van der Waals surface area contributed by atoms with Crippen LogP contribution in [0.3, 0.4) is 0 Å². The molecule has 0 amide bonds. The molecule has 0 radical (unpaired) electrons. The van der Waals surface area contributed by atoms with E-state index in [-0.39, 0.29) is 0 Å². The molecule has 0 aliphatic carbocycles. The predicted octanol–water partition coefficient (Wildman–Crippen LogP) is 1.66. The van der Waals surface area contributed by atoms with Gasteiger partial charge in [0.05, 0.1) is 16.3 Å². The maximum atomic E-state index is 9.90. The number of aryl methyl sites for hydroxylation is 1. The fraction of sp³-hybridized carbons (Fsp3) is 0.700. The maximum Gasteiger partial charge on any atom is 0.0897 e. The quantitative estimate of drug-likeness (QED) is 0.801. The third-order valence-electron chi connectivity index (χ3n) is 1.93. The summed E-state index contributed by atoms with van der Waals surface area (Å²) in [7, 11) is 0. The van der Waals surface area contributed by atoms with Crippen LogP contribution in [0.1, 0.15) is 17.6 Å². The Morgan fingerprint density at radius 2 is 2.40 bits per heavy atom. The zero-order valence-electron chi connectivity index (χ0n) is 9.41. The standard InChI is InChI=1S/C10H18N2OS2/c1-8-12-9(5-15-8)4-11-6-10(2,13)7-14-3/h5,11,13H,4,6-7H2,1-3H3. The number of rotatable bonds is 6. The molecule has 0 fully saturated rings. The molecule has 0 aliphatic rings. The summed E-state index contributed by atoms with van der Waals surface area (Å²) < 4.78 is 0. The van der Waals surface area contributed by atoms with E-state index in [9.17, 15) is 5.11 Å². The number of aromatic nitrogens is 1. The molecule has 5 heteroatoms. The van der Waals surface area contributed by atoms with Crippen LogP contribution in [-0.2, 0) is 6.54 Å². The fourth-order valence-corrected chi connectivity index (χ4v) is 2.65. The minimum absolute atomic E-state index is 0.602. The van der Waals surface area contributed by atoms with E-state index in [1.54, 1.807) is 23.1 Å². The Morgan fingerprint density at radius 3 is 2.93 bits per heavy atom. The molecular formula is C10H18N2OS2. The van der Waals surface area contributed by atoms with Gasteiger partial charge in [-0.05, 0) is 20.1 Å². The van der Waals surface area contributed by atoms with Crippen molar-refractivity contribution in [2.45, 2.75) is 26.0 Å². The average Bonchev–Trinajstić information content (AvgIpc) is 2.51. The molecule has 1 aromatic heterocycles. The van der Waals surface area contributed by atoms with E-state index in [2.05, 4.69) is 10.3 Å². The van der Waals surface area contributed by atoms with Crippen LogP contribution in [0.25, 0.3) is 0 Å². The van der Waals surface area contributed by atoms with Crippen molar-refractivity contribution in [3.63, 3.8) is 0 Å². The molecular weight excluding hydrogens is 228 g/mol. The number of hydrogen-bond donors (Lipinski definition) is 2. The Morgan fingerprint density at radius 1 is 1.67 bits per heavy atom. The summed E-state index contributed by atoms with van der Waals surface area (Å²) in [6.45, 7) is 5.18. The van der Waals surface area contributed by atoms with Crippen molar-refractivity contribution >= 4 is 23.1 Å². The number of thiazole rings is 1. The molecule has 0 aliphatic heterocycles. The zero-order chi connectivity index (χ0) is 11.3. The second kappa shape index (κ2) is 5.84. The third kappa shape index (κ3) is 4.97. The van der Waals surface area contributed by atoms with Crippen molar-refractivity contribution in [1.82, 2.24) is 10.3 Å². The summed E-state index contributed by atoms with van der Waals surface area (Å²) in [5, 5.41) is 16.3. The molecule has 1 atom stereocenters. The molecule has 1 aromatic rings. The summed E-state index contributed by atoms with van der Waals surface area (Å²) in [4.78, 5) is 4.35. The van der Waals surface area contributed by atoms with Gasteiger partial charge in [-0.2, -0.15) is 11.8 Å². The highest BCUT2D eigenvalue weighted by molar-refractivity contribution is 7.98. The van der Waals surface area contributed by atoms with Crippen LogP contribution in [0.4, 0.5) is 0 Å². The molecule has 15 heavy (non-hydrogen) atoms. The highest BCUT2D eigenvalue weighted by Gasteiger charge is 2.18. The van der Waals surface area contributed by atoms with E-state index in [1.807, 2.05) is 25.5 Å². The minimum Gasteiger partial charge on any atom is -0.388 e. The molecule has 1 heterocycles. The first-order chi connectivity index (χ1) is 7.03. The third-order valence-corrected chi connectivity index (χ3v) is 3.67. The van der Waals surface area contributed by atoms with Crippen LogP contribution in [-0.4, -0.2) is 34.2 Å². The number of aliphatic hydroxyl groups is 1. The highest BCUT2D eigenvalue weighted by Crippen LogP contribution is 2.10. The minimum atomic E-state index is -0.634. The Kier molecular flexibility index (Phi) is 5.05. The van der Waals surface area contributed by atoms with Crippen molar-refractivity contribution in [2.75, 3.05) is 18.6 Å². The van der Waals surface area contributed by atoms with E-state index in [1.165, 1.54) is 0 Å². The lowest BCUT2D eigenvalue weighted by atomic mass is 10.1. The largest absolute Gasteiger partial charge is 0.388 e. The number of thioether (sulfide) groups is 1. The van der Waals surface area contributed by atoms with Gasteiger partial charge in [-0.3, -0.25) is 0 Å². The van der Waals surface area contributed by atoms with E-state index >= 15 is 0 Å². The van der Waals surface area contributed by atoms with Gasteiger partial charge in [0.1, 0.15) is 0 Å². The van der Waals surface area contributed by atoms with Crippen LogP contribution < -0.4 is 5.32 Å². The molecule has 0 bridgehead atoms. The Labute approximate surface area is 99.3 Å². The molecule has 3 nitrogen and oxygen atoms in total. The zero-order valence-corrected chi connectivity index (χ0v) is 11.0. The van der Waals surface area contributed by atoms with E-state index < -0.39 is 5.60 Å². The van der Waals surface area contributed by atoms with Crippen LogP contribution in [0.5, 0.6) is 0 Å². The first-order valence-corrected chi connectivity index (χ1v) is 7.14. The van der Waals surface area contributed by atoms with E-state index in [4.69, 9.17) is 0 Å². The van der Waals surface area contributed by atoms with Gasteiger partial charge in [0.25, 0.3) is 0 Å². The molecule has 2 N–H and O–H groups in total. The number of nitrogens with zero attached hydrogens (tertiary/aromatic N) is 1. The van der Waals surface area contributed by atoms with Gasteiger partial charge in [0.15, 0.2) is 0 Å². The van der Waals surface area contributed by atoms with Crippen molar-refractivity contribution in [1.29, 1.82) is 0 Å². The predicted molar refractivity (Wildman–Crippen MR) is 67.6 cm³/mol. The SMILES string of the molecule is CSCC(C)(O)CNCc1csc(C)n1. The lowest BCUT2D eigenvalue weighted by molar-refractivity contribution is 0.0845. The van der Waals surface area contributed by atoms with Gasteiger partial charge < -0.3 is 10.4 Å². The summed E-state index contributed by atoms with van der Waals surface area (Å²) in [6, 6.07) is 0. The van der Waals surface area contributed by atoms with Gasteiger partial charge in [-0.15, -0.1) is 11.3 Å². The molecule has 1 rings (SSSR count). The normalized spacial score (nSPS) is 15.2. The Bertz CT molecular complexity index is 299. The van der Waals surface area contributed by atoms with Gasteiger partial charge in [-0.25, -0.2) is 4.98 Å². The van der Waals surface area contributed by atoms with Crippen molar-refractivity contribution in [3.8, 4) is 0 Å². The van der Waals surface area contributed by atoms with E-state index in [0.29, 0.717) is 6.54 Å². The molecule has 0 aromatic carbocycles. The molecule has 0 saturated carbocycles. The fourth-order valence-electron chi connectivity index (χ4n) is 1.31. The second-order valence-corrected chi connectivity index (χ2v) is 5.82. The smallest absolute Gasteiger partial charge is 0.0897 e. The molecule has 0 saturated heterocycles. The Hall–Kier alpha value is -0.100. The first kappa shape index (κ1) is 13.0. The van der Waals surface area contributed by atoms with Gasteiger partial charge >= 0.3 is 0 Å². The van der Waals surface area contributed by atoms with Gasteiger partial charge in [-0.1, -0.05) is 0 Å². The highest BCUT2D eigenvalue weighted by atomic mass is 32.2. The van der Waals surface area contributed by atoms with Crippen molar-refractivity contribution < 1.29 is 5.11 Å². The Balaban J connectivity index is 2.27. The van der Waals surface area contributed by atoms with Gasteiger partial charge in [0, 0.05) is 24.2 Å². The van der Waals surface area contributed by atoms with Crippen LogP contribution in [0, 0.1) is 6.92 Å². The van der Waals surface area contributed by atoms with Crippen LogP contribution in [0.15, 0.2) is 5.38 Å². The lowest BCUT2D eigenvalue weighted by Gasteiger charge is -2.22. The van der Waals surface area contributed by atoms with Gasteiger partial charge in [0.2, 0.25) is 0 Å². The van der Waals surface area contributed by atoms with Crippen molar-refractivity contribution in [3.05, 3.63) is 16.1 Å². The van der Waals surface area contributed by atoms with Crippen molar-refractivity contribution in [2.24, 2.45) is 0 Å². The average molecular weight is 246 g/mol. The molecule has 0 spiro atoms. The number of hydrogen-bond acceptors (Lipinski definition) is 5. The summed E-state index contributed by atoms with van der Waals surface area (Å²) in [5.74, 6) is 0.746. The monoisotopic (exact) mass is 246 g/mol. The number of nitrogens with one attached hydrogen (secondary N) is 1. The van der Waals surface area contributed by atoms with Crippen LogP contribution in [0.2, 0.25) is 0 Å². The summed E-state index contributed by atoms with van der Waals surface area (Å²) >= 11 is 3.31. The molecule has 86 valence electrons. The summed E-state index contributed by atoms with van der Waals surface area (Å²) in [6.07, 6.45) is 2.00. The van der Waals surface area contributed by atoms with Crippen LogP contribution >= 0.6 is 23.1 Å². The first-order valence-electron chi connectivity index (χ1n) is 4.86. The summed E-state index contributed by atoms with van der Waals surface area (Å²) in [5.41, 5.74) is 0.419.